The number of carbonyl (C=O) groups excluding carboxylic acids is 1. The van der Waals surface area contributed by atoms with Gasteiger partial charge in [-0.05, 0) is 12.5 Å². The van der Waals surface area contributed by atoms with Gasteiger partial charge in [0.1, 0.15) is 24.1 Å². The van der Waals surface area contributed by atoms with Crippen molar-refractivity contribution in [2.45, 2.75) is 76.4 Å². The number of aliphatic hydroxyl groups excluding tert-OH is 3. The van der Waals surface area contributed by atoms with Crippen molar-refractivity contribution in [2.75, 3.05) is 11.9 Å². The number of unbranched alkanes of at least 4 members (excludes halogenated alkanes) is 5. The zero-order valence-corrected chi connectivity index (χ0v) is 15.6. The van der Waals surface area contributed by atoms with Gasteiger partial charge in [0.05, 0.1) is 6.61 Å². The molecule has 1 fully saturated rings. The topological polar surface area (TPSA) is 134 Å². The predicted octanol–water partition coefficient (Wildman–Crippen LogP) is 0.544. The van der Waals surface area contributed by atoms with Crippen LogP contribution >= 0.6 is 0 Å². The van der Waals surface area contributed by atoms with Gasteiger partial charge in [-0.3, -0.25) is 9.36 Å². The average molecular weight is 383 g/mol. The van der Waals surface area contributed by atoms with Crippen LogP contribution in [0.5, 0.6) is 0 Å². The second-order valence-corrected chi connectivity index (χ2v) is 6.80. The Labute approximate surface area is 158 Å². The summed E-state index contributed by atoms with van der Waals surface area (Å²) in [6.45, 7) is 1.67. The van der Waals surface area contributed by atoms with Gasteiger partial charge in [0, 0.05) is 12.6 Å². The summed E-state index contributed by atoms with van der Waals surface area (Å²) in [5, 5.41) is 31.5. The summed E-state index contributed by atoms with van der Waals surface area (Å²) >= 11 is 0. The molecule has 0 aromatic carbocycles. The smallest absolute Gasteiger partial charge is 0.351 e. The maximum atomic E-state index is 12.2. The Bertz CT molecular complexity index is 665. The molecule has 0 spiro atoms. The number of anilines is 1. The minimum Gasteiger partial charge on any atom is -0.394 e. The van der Waals surface area contributed by atoms with E-state index < -0.39 is 36.8 Å². The molecule has 0 aliphatic carbocycles. The van der Waals surface area contributed by atoms with E-state index in [0.717, 1.165) is 23.8 Å². The molecule has 1 saturated heterocycles. The van der Waals surface area contributed by atoms with E-state index in [1.807, 2.05) is 0 Å². The molecule has 1 amide bonds. The minimum absolute atomic E-state index is 0.124. The monoisotopic (exact) mass is 383 g/mol. The fourth-order valence-corrected chi connectivity index (χ4v) is 3.06. The number of nitrogens with zero attached hydrogens (tertiary/aromatic N) is 2. The molecule has 1 aliphatic rings. The van der Waals surface area contributed by atoms with Crippen molar-refractivity contribution in [3.05, 3.63) is 22.7 Å². The van der Waals surface area contributed by atoms with Crippen LogP contribution in [0, 0.1) is 0 Å². The summed E-state index contributed by atoms with van der Waals surface area (Å²) in [5.41, 5.74) is -0.734. The molecule has 1 aromatic rings. The van der Waals surface area contributed by atoms with E-state index in [1.165, 1.54) is 31.5 Å². The van der Waals surface area contributed by atoms with Crippen LogP contribution in [0.4, 0.5) is 5.82 Å². The molecule has 1 aliphatic heterocycles. The highest BCUT2D eigenvalue weighted by Crippen LogP contribution is 2.28. The minimum atomic E-state index is -1.37. The summed E-state index contributed by atoms with van der Waals surface area (Å²) in [7, 11) is 0. The van der Waals surface area contributed by atoms with Gasteiger partial charge >= 0.3 is 5.69 Å². The highest BCUT2D eigenvalue weighted by Gasteiger charge is 2.43. The first-order chi connectivity index (χ1) is 13.0. The fraction of sp³-hybridized carbons (Fsp3) is 0.722. The number of ether oxygens (including phenoxy) is 1. The van der Waals surface area contributed by atoms with E-state index >= 15 is 0 Å². The van der Waals surface area contributed by atoms with Crippen LogP contribution in [0.1, 0.15) is 58.1 Å². The highest BCUT2D eigenvalue weighted by molar-refractivity contribution is 5.89. The lowest BCUT2D eigenvalue weighted by Gasteiger charge is -2.17. The third kappa shape index (κ3) is 5.83. The molecule has 0 radical (unpaired) electrons. The number of aromatic nitrogens is 2. The van der Waals surface area contributed by atoms with Crippen molar-refractivity contribution in [1.82, 2.24) is 9.55 Å². The first-order valence-corrected chi connectivity index (χ1v) is 9.49. The van der Waals surface area contributed by atoms with Gasteiger partial charge in [-0.2, -0.15) is 4.98 Å². The van der Waals surface area contributed by atoms with Crippen molar-refractivity contribution in [2.24, 2.45) is 0 Å². The summed E-state index contributed by atoms with van der Waals surface area (Å²) in [4.78, 5) is 27.9. The van der Waals surface area contributed by atoms with Crippen LogP contribution in [-0.2, 0) is 9.53 Å². The lowest BCUT2D eigenvalue weighted by atomic mass is 10.1. The zero-order valence-electron chi connectivity index (χ0n) is 15.6. The third-order valence-corrected chi connectivity index (χ3v) is 4.65. The number of nitrogens with one attached hydrogen (secondary N) is 1. The predicted molar refractivity (Wildman–Crippen MR) is 98.1 cm³/mol. The molecule has 4 N–H and O–H groups in total. The van der Waals surface area contributed by atoms with E-state index in [9.17, 15) is 19.8 Å². The fourth-order valence-electron chi connectivity index (χ4n) is 3.06. The summed E-state index contributed by atoms with van der Waals surface area (Å²) in [6.07, 6.45) is 3.36. The van der Waals surface area contributed by atoms with Crippen molar-refractivity contribution < 1.29 is 24.9 Å². The van der Waals surface area contributed by atoms with Gasteiger partial charge in [-0.15, -0.1) is 0 Å². The SMILES string of the molecule is CCCCCCCCC(=O)Nc1ccn([C@@H]2O[C@H](CO)[C@@H](O)[C@@H]2O)c(=O)n1. The van der Waals surface area contributed by atoms with Gasteiger partial charge in [0.15, 0.2) is 6.23 Å². The van der Waals surface area contributed by atoms with Crippen LogP contribution in [0.25, 0.3) is 0 Å². The molecule has 4 atom stereocenters. The standard InChI is InChI=1S/C18H29N3O6/c1-2-3-4-5-6-7-8-14(23)19-13-9-10-21(18(26)20-13)17-16(25)15(24)12(11-22)27-17/h9-10,12,15-17,22,24-25H,2-8,11H2,1H3,(H,19,20,23,26)/t12-,15-,16+,17-/m1/s1. The van der Waals surface area contributed by atoms with Crippen LogP contribution in [0.15, 0.2) is 17.1 Å². The number of carbonyl (C=O) groups is 1. The molecular weight excluding hydrogens is 354 g/mol. The van der Waals surface area contributed by atoms with Gasteiger partial charge in [-0.1, -0.05) is 39.0 Å². The van der Waals surface area contributed by atoms with Crippen LogP contribution in [-0.4, -0.2) is 55.7 Å². The molecule has 1 aromatic heterocycles. The Morgan fingerprint density at radius 1 is 1.22 bits per heavy atom. The Hall–Kier alpha value is -1.81. The summed E-state index contributed by atoms with van der Waals surface area (Å²) in [6, 6.07) is 1.43. The Morgan fingerprint density at radius 2 is 1.93 bits per heavy atom. The van der Waals surface area contributed by atoms with Crippen molar-refractivity contribution in [3.63, 3.8) is 0 Å². The summed E-state index contributed by atoms with van der Waals surface area (Å²) < 4.78 is 6.32. The largest absolute Gasteiger partial charge is 0.394 e. The molecule has 2 rings (SSSR count). The molecule has 2 heterocycles. The maximum Gasteiger partial charge on any atom is 0.351 e. The number of aliphatic hydroxyl groups is 3. The number of hydrogen-bond donors (Lipinski definition) is 4. The van der Waals surface area contributed by atoms with E-state index in [0.29, 0.717) is 6.42 Å². The van der Waals surface area contributed by atoms with Crippen molar-refractivity contribution >= 4 is 11.7 Å². The molecule has 0 unspecified atom stereocenters. The highest BCUT2D eigenvalue weighted by atomic mass is 16.6. The number of amides is 1. The van der Waals surface area contributed by atoms with E-state index in [-0.39, 0.29) is 11.7 Å². The lowest BCUT2D eigenvalue weighted by molar-refractivity contribution is -0.116. The van der Waals surface area contributed by atoms with E-state index in [1.54, 1.807) is 0 Å². The normalized spacial score (nSPS) is 24.9. The van der Waals surface area contributed by atoms with Crippen LogP contribution in [0.3, 0.4) is 0 Å². The molecule has 152 valence electrons. The molecule has 9 nitrogen and oxygen atoms in total. The number of rotatable bonds is 10. The second kappa shape index (κ2) is 10.5. The maximum absolute atomic E-state index is 12.2. The van der Waals surface area contributed by atoms with E-state index in [2.05, 4.69) is 17.2 Å². The van der Waals surface area contributed by atoms with Gasteiger partial charge in [-0.25, -0.2) is 4.79 Å². The van der Waals surface area contributed by atoms with Crippen LogP contribution < -0.4 is 11.0 Å². The number of hydrogen-bond acceptors (Lipinski definition) is 7. The first kappa shape index (κ1) is 21.5. The second-order valence-electron chi connectivity index (χ2n) is 6.80. The molecular formula is C18H29N3O6. The zero-order chi connectivity index (χ0) is 19.8. The van der Waals surface area contributed by atoms with Crippen molar-refractivity contribution in [3.8, 4) is 0 Å². The lowest BCUT2D eigenvalue weighted by Crippen LogP contribution is -2.36. The Balaban J connectivity index is 1.87. The first-order valence-electron chi connectivity index (χ1n) is 9.49. The molecule has 0 saturated carbocycles. The summed E-state index contributed by atoms with van der Waals surface area (Å²) in [5.74, 6) is -0.0814. The third-order valence-electron chi connectivity index (χ3n) is 4.65. The average Bonchev–Trinajstić information content (AvgIpc) is 2.93. The molecule has 0 bridgehead atoms. The van der Waals surface area contributed by atoms with Crippen LogP contribution in [0.2, 0.25) is 0 Å². The van der Waals surface area contributed by atoms with Gasteiger partial charge in [0.2, 0.25) is 5.91 Å². The van der Waals surface area contributed by atoms with Crippen molar-refractivity contribution in [1.29, 1.82) is 0 Å². The Morgan fingerprint density at radius 3 is 2.56 bits per heavy atom. The van der Waals surface area contributed by atoms with Gasteiger partial charge in [0.25, 0.3) is 0 Å². The Kier molecular flexibility index (Phi) is 8.36. The van der Waals surface area contributed by atoms with E-state index in [4.69, 9.17) is 9.84 Å². The van der Waals surface area contributed by atoms with Gasteiger partial charge < -0.3 is 25.4 Å². The molecule has 27 heavy (non-hydrogen) atoms. The quantitative estimate of drug-likeness (QED) is 0.433. The molecule has 9 heteroatoms.